The fraction of sp³-hybridized carbons (Fsp3) is 0.133. The molecule has 3 rings (SSSR count). The lowest BCUT2D eigenvalue weighted by atomic mass is 9.91. The number of benzene rings is 2. The average molecular weight is 295 g/mol. The van der Waals surface area contributed by atoms with Crippen LogP contribution in [0.15, 0.2) is 30.3 Å². The molecular formula is C15H9F4NO. The van der Waals surface area contributed by atoms with Gasteiger partial charge >= 0.3 is 0 Å². The Morgan fingerprint density at radius 1 is 1.00 bits per heavy atom. The van der Waals surface area contributed by atoms with E-state index in [1.807, 2.05) is 0 Å². The summed E-state index contributed by atoms with van der Waals surface area (Å²) in [6.07, 6.45) is -0.168. The van der Waals surface area contributed by atoms with E-state index < -0.39 is 40.7 Å². The van der Waals surface area contributed by atoms with E-state index in [-0.39, 0.29) is 12.1 Å². The minimum atomic E-state index is -1.40. The highest BCUT2D eigenvalue weighted by molar-refractivity contribution is 6.04. The van der Waals surface area contributed by atoms with Gasteiger partial charge in [0.15, 0.2) is 17.4 Å². The fourth-order valence-electron chi connectivity index (χ4n) is 2.41. The second-order valence-electron chi connectivity index (χ2n) is 4.78. The molecule has 1 aliphatic heterocycles. The van der Waals surface area contributed by atoms with Gasteiger partial charge in [-0.25, -0.2) is 17.6 Å². The van der Waals surface area contributed by atoms with Crippen LogP contribution in [-0.4, -0.2) is 5.78 Å². The van der Waals surface area contributed by atoms with Gasteiger partial charge in [0.05, 0.1) is 17.3 Å². The first-order chi connectivity index (χ1) is 9.97. The first-order valence-corrected chi connectivity index (χ1v) is 6.20. The molecule has 0 aliphatic carbocycles. The number of hydrogen-bond acceptors (Lipinski definition) is 2. The second-order valence-corrected chi connectivity index (χ2v) is 4.78. The highest BCUT2D eigenvalue weighted by Crippen LogP contribution is 2.36. The van der Waals surface area contributed by atoms with Crippen LogP contribution >= 0.6 is 0 Å². The number of anilines is 1. The van der Waals surface area contributed by atoms with Crippen LogP contribution in [0.3, 0.4) is 0 Å². The molecular weight excluding hydrogens is 286 g/mol. The minimum Gasteiger partial charge on any atom is -0.375 e. The Bertz CT molecular complexity index is 727. The smallest absolute Gasteiger partial charge is 0.171 e. The number of hydrogen-bond donors (Lipinski definition) is 1. The first kappa shape index (κ1) is 13.6. The number of carbonyl (C=O) groups excluding carboxylic acids is 1. The molecule has 1 aliphatic rings. The van der Waals surface area contributed by atoms with E-state index in [0.717, 1.165) is 0 Å². The molecule has 2 aromatic rings. The topological polar surface area (TPSA) is 29.1 Å². The quantitative estimate of drug-likeness (QED) is 0.637. The number of fused-ring (bicyclic) bond motifs is 1. The molecule has 1 unspecified atom stereocenters. The van der Waals surface area contributed by atoms with Crippen molar-refractivity contribution in [3.63, 3.8) is 0 Å². The van der Waals surface area contributed by atoms with Crippen molar-refractivity contribution < 1.29 is 22.4 Å². The molecule has 21 heavy (non-hydrogen) atoms. The van der Waals surface area contributed by atoms with Gasteiger partial charge in [0, 0.05) is 12.5 Å². The molecule has 0 spiro atoms. The van der Waals surface area contributed by atoms with Gasteiger partial charge in [0.2, 0.25) is 0 Å². The summed E-state index contributed by atoms with van der Waals surface area (Å²) in [4.78, 5) is 12.0. The molecule has 1 heterocycles. The molecule has 0 amide bonds. The van der Waals surface area contributed by atoms with Crippen LogP contribution in [0.25, 0.3) is 0 Å². The first-order valence-electron chi connectivity index (χ1n) is 6.20. The molecule has 0 saturated carbocycles. The lowest BCUT2D eigenvalue weighted by Crippen LogP contribution is -2.25. The van der Waals surface area contributed by atoms with Gasteiger partial charge in [0.25, 0.3) is 0 Å². The van der Waals surface area contributed by atoms with Gasteiger partial charge in [-0.2, -0.15) is 0 Å². The van der Waals surface area contributed by atoms with Crippen molar-refractivity contribution in [3.8, 4) is 0 Å². The van der Waals surface area contributed by atoms with E-state index in [9.17, 15) is 22.4 Å². The maximum atomic E-state index is 13.8. The SMILES string of the molecule is O=C1CC(c2ccc(F)cc2)Nc2c(F)cc(F)c(F)c21. The second kappa shape index (κ2) is 4.87. The number of rotatable bonds is 1. The molecule has 1 N–H and O–H groups in total. The van der Waals surface area contributed by atoms with Gasteiger partial charge in [-0.3, -0.25) is 4.79 Å². The summed E-state index contributed by atoms with van der Waals surface area (Å²) in [5, 5.41) is 2.67. The maximum Gasteiger partial charge on any atom is 0.171 e. The predicted molar refractivity (Wildman–Crippen MR) is 68.0 cm³/mol. The maximum absolute atomic E-state index is 13.8. The molecule has 0 aromatic heterocycles. The third-order valence-corrected chi connectivity index (χ3v) is 3.43. The van der Waals surface area contributed by atoms with E-state index in [1.165, 1.54) is 24.3 Å². The lowest BCUT2D eigenvalue weighted by Gasteiger charge is -2.27. The Morgan fingerprint density at radius 3 is 2.33 bits per heavy atom. The zero-order valence-electron chi connectivity index (χ0n) is 10.6. The van der Waals surface area contributed by atoms with Crippen molar-refractivity contribution in [1.82, 2.24) is 0 Å². The Labute approximate surface area is 117 Å². The number of Topliss-reactive ketones (excluding diaryl/α,β-unsaturated/α-hetero) is 1. The van der Waals surface area contributed by atoms with Crippen molar-refractivity contribution in [2.75, 3.05) is 5.32 Å². The zero-order chi connectivity index (χ0) is 15.1. The van der Waals surface area contributed by atoms with E-state index in [2.05, 4.69) is 5.32 Å². The molecule has 1 atom stereocenters. The Morgan fingerprint density at radius 2 is 1.67 bits per heavy atom. The van der Waals surface area contributed by atoms with Gasteiger partial charge < -0.3 is 5.32 Å². The molecule has 0 radical (unpaired) electrons. The summed E-state index contributed by atoms with van der Waals surface area (Å²) < 4.78 is 53.5. The third kappa shape index (κ3) is 2.26. The highest BCUT2D eigenvalue weighted by Gasteiger charge is 2.32. The number of nitrogens with one attached hydrogen (secondary N) is 1. The monoisotopic (exact) mass is 295 g/mol. The van der Waals surface area contributed by atoms with Gasteiger partial charge in [-0.1, -0.05) is 12.1 Å². The van der Waals surface area contributed by atoms with Crippen molar-refractivity contribution in [1.29, 1.82) is 0 Å². The van der Waals surface area contributed by atoms with Crippen molar-refractivity contribution in [3.05, 3.63) is 64.7 Å². The molecule has 0 saturated heterocycles. The van der Waals surface area contributed by atoms with Crippen LogP contribution in [0, 0.1) is 23.3 Å². The average Bonchev–Trinajstić information content (AvgIpc) is 2.45. The van der Waals surface area contributed by atoms with Crippen molar-refractivity contribution >= 4 is 11.5 Å². The number of carbonyl (C=O) groups is 1. The summed E-state index contributed by atoms with van der Waals surface area (Å²) in [6.45, 7) is 0. The van der Waals surface area contributed by atoms with E-state index in [0.29, 0.717) is 11.6 Å². The van der Waals surface area contributed by atoms with Crippen LogP contribution in [0.2, 0.25) is 0 Å². The Kier molecular flexibility index (Phi) is 3.16. The molecule has 6 heteroatoms. The van der Waals surface area contributed by atoms with E-state index >= 15 is 0 Å². The van der Waals surface area contributed by atoms with Crippen LogP contribution in [0.1, 0.15) is 28.4 Å². The van der Waals surface area contributed by atoms with Crippen molar-refractivity contribution in [2.24, 2.45) is 0 Å². The Balaban J connectivity index is 2.05. The molecule has 0 fully saturated rings. The number of halogens is 4. The molecule has 108 valence electrons. The highest BCUT2D eigenvalue weighted by atomic mass is 19.2. The van der Waals surface area contributed by atoms with Crippen LogP contribution in [0.5, 0.6) is 0 Å². The summed E-state index contributed by atoms with van der Waals surface area (Å²) in [7, 11) is 0. The largest absolute Gasteiger partial charge is 0.375 e. The van der Waals surface area contributed by atoms with Crippen LogP contribution < -0.4 is 5.32 Å². The summed E-state index contributed by atoms with van der Waals surface area (Å²) in [5.74, 6) is -4.94. The number of ketones is 1. The normalized spacial score (nSPS) is 17.3. The zero-order valence-corrected chi connectivity index (χ0v) is 10.6. The van der Waals surface area contributed by atoms with Crippen molar-refractivity contribution in [2.45, 2.75) is 12.5 Å². The van der Waals surface area contributed by atoms with E-state index in [4.69, 9.17) is 0 Å². The third-order valence-electron chi connectivity index (χ3n) is 3.43. The minimum absolute atomic E-state index is 0.168. The summed E-state index contributed by atoms with van der Waals surface area (Å²) in [5.41, 5.74) is -0.412. The van der Waals surface area contributed by atoms with Gasteiger partial charge in [-0.15, -0.1) is 0 Å². The van der Waals surface area contributed by atoms with E-state index in [1.54, 1.807) is 0 Å². The molecule has 2 nitrogen and oxygen atoms in total. The lowest BCUT2D eigenvalue weighted by molar-refractivity contribution is 0.0966. The van der Waals surface area contributed by atoms with Gasteiger partial charge in [-0.05, 0) is 17.7 Å². The van der Waals surface area contributed by atoms with Crippen LogP contribution in [0.4, 0.5) is 23.2 Å². The Hall–Kier alpha value is -2.37. The summed E-state index contributed by atoms with van der Waals surface area (Å²) in [6, 6.07) is 5.08. The molecule has 0 bridgehead atoms. The standard InChI is InChI=1S/C15H9F4NO/c16-8-3-1-7(2-4-8)11-6-12(21)13-14(19)9(17)5-10(18)15(13)20-11/h1-5,11,20H,6H2. The fourth-order valence-corrected chi connectivity index (χ4v) is 2.41. The predicted octanol–water partition coefficient (Wildman–Crippen LogP) is 3.98. The van der Waals surface area contributed by atoms with Crippen LogP contribution in [-0.2, 0) is 0 Å². The summed E-state index contributed by atoms with van der Waals surface area (Å²) >= 11 is 0. The van der Waals surface area contributed by atoms with Gasteiger partial charge in [0.1, 0.15) is 11.6 Å². The molecule has 2 aromatic carbocycles.